The van der Waals surface area contributed by atoms with E-state index in [-0.39, 0.29) is 24.2 Å². The molecule has 3 rings (SSSR count). The van der Waals surface area contributed by atoms with Gasteiger partial charge in [0.25, 0.3) is 0 Å². The fourth-order valence-corrected chi connectivity index (χ4v) is 2.97. The van der Waals surface area contributed by atoms with Crippen LogP contribution in [-0.2, 0) is 9.59 Å². The summed E-state index contributed by atoms with van der Waals surface area (Å²) < 4.78 is 0. The highest BCUT2D eigenvalue weighted by Crippen LogP contribution is 2.30. The van der Waals surface area contributed by atoms with Gasteiger partial charge in [-0.3, -0.25) is 14.7 Å². The predicted octanol–water partition coefficient (Wildman–Crippen LogP) is 2.63. The maximum Gasteiger partial charge on any atom is 0.231 e. The molecular formula is C18H22N4O2. The molecule has 1 aliphatic heterocycles. The van der Waals surface area contributed by atoms with Crippen LogP contribution in [0, 0.1) is 33.6 Å². The van der Waals surface area contributed by atoms with Crippen molar-refractivity contribution in [1.29, 1.82) is 0 Å². The Labute approximate surface area is 141 Å². The van der Waals surface area contributed by atoms with E-state index in [4.69, 9.17) is 0 Å². The van der Waals surface area contributed by atoms with Crippen molar-refractivity contribution >= 4 is 23.3 Å². The molecule has 24 heavy (non-hydrogen) atoms. The Bertz CT molecular complexity index is 809. The van der Waals surface area contributed by atoms with Crippen molar-refractivity contribution in [2.24, 2.45) is 5.92 Å². The highest BCUT2D eigenvalue weighted by Gasteiger charge is 2.36. The minimum absolute atomic E-state index is 0.0150. The molecule has 1 aromatic carbocycles. The highest BCUT2D eigenvalue weighted by molar-refractivity contribution is 6.03. The van der Waals surface area contributed by atoms with Gasteiger partial charge in [-0.05, 0) is 44.9 Å². The Morgan fingerprint density at radius 3 is 2.67 bits per heavy atom. The molecule has 0 radical (unpaired) electrons. The molecule has 1 fully saturated rings. The number of aromatic nitrogens is 2. The quantitative estimate of drug-likeness (QED) is 0.910. The number of nitrogens with one attached hydrogen (secondary N) is 2. The van der Waals surface area contributed by atoms with E-state index < -0.39 is 0 Å². The van der Waals surface area contributed by atoms with E-state index in [0.717, 1.165) is 28.1 Å². The van der Waals surface area contributed by atoms with E-state index in [0.29, 0.717) is 12.4 Å². The van der Waals surface area contributed by atoms with Gasteiger partial charge in [-0.15, -0.1) is 0 Å². The number of hydrogen-bond donors (Lipinski definition) is 2. The number of nitrogens with zero attached hydrogens (tertiary/aromatic N) is 2. The summed E-state index contributed by atoms with van der Waals surface area (Å²) in [7, 11) is 0. The van der Waals surface area contributed by atoms with Crippen LogP contribution in [0.5, 0.6) is 0 Å². The predicted molar refractivity (Wildman–Crippen MR) is 93.1 cm³/mol. The van der Waals surface area contributed by atoms with Crippen molar-refractivity contribution in [2.75, 3.05) is 16.8 Å². The Morgan fingerprint density at radius 2 is 2.00 bits per heavy atom. The second-order valence-electron chi connectivity index (χ2n) is 6.44. The molecule has 2 amide bonds. The summed E-state index contributed by atoms with van der Waals surface area (Å²) in [6.07, 6.45) is 0.224. The molecule has 1 aromatic heterocycles. The second kappa shape index (κ2) is 6.11. The van der Waals surface area contributed by atoms with Crippen LogP contribution in [0.1, 0.15) is 28.8 Å². The van der Waals surface area contributed by atoms with Crippen LogP contribution < -0.4 is 10.2 Å². The molecule has 0 spiro atoms. The second-order valence-corrected chi connectivity index (χ2v) is 6.44. The lowest BCUT2D eigenvalue weighted by atomic mass is 10.1. The molecule has 1 atom stereocenters. The first-order valence-corrected chi connectivity index (χ1v) is 8.07. The number of aromatic amines is 1. The van der Waals surface area contributed by atoms with E-state index in [9.17, 15) is 9.59 Å². The van der Waals surface area contributed by atoms with Gasteiger partial charge in [-0.2, -0.15) is 5.10 Å². The fourth-order valence-electron chi connectivity index (χ4n) is 2.97. The third-order valence-corrected chi connectivity index (χ3v) is 4.86. The molecule has 1 saturated heterocycles. The van der Waals surface area contributed by atoms with Crippen molar-refractivity contribution in [3.8, 4) is 0 Å². The van der Waals surface area contributed by atoms with Crippen LogP contribution in [0.2, 0.25) is 0 Å². The van der Waals surface area contributed by atoms with Crippen molar-refractivity contribution in [3.05, 3.63) is 40.6 Å². The Kier molecular flexibility index (Phi) is 4.13. The lowest BCUT2D eigenvalue weighted by Crippen LogP contribution is -2.28. The summed E-state index contributed by atoms with van der Waals surface area (Å²) in [4.78, 5) is 26.6. The summed E-state index contributed by atoms with van der Waals surface area (Å²) in [5.41, 5.74) is 4.94. The maximum absolute atomic E-state index is 12.5. The number of aryl methyl sites for hydroxylation is 2. The molecule has 6 heteroatoms. The van der Waals surface area contributed by atoms with Gasteiger partial charge in [0.1, 0.15) is 0 Å². The highest BCUT2D eigenvalue weighted by atomic mass is 16.2. The van der Waals surface area contributed by atoms with Gasteiger partial charge in [0, 0.05) is 29.9 Å². The molecule has 1 aliphatic rings. The Morgan fingerprint density at radius 1 is 1.25 bits per heavy atom. The number of rotatable bonds is 3. The minimum atomic E-state index is -0.367. The molecule has 2 aromatic rings. The van der Waals surface area contributed by atoms with E-state index >= 15 is 0 Å². The molecule has 2 N–H and O–H groups in total. The molecule has 0 bridgehead atoms. The summed E-state index contributed by atoms with van der Waals surface area (Å²) >= 11 is 0. The van der Waals surface area contributed by atoms with Crippen molar-refractivity contribution in [2.45, 2.75) is 34.1 Å². The monoisotopic (exact) mass is 326 g/mol. The number of carbonyl (C=O) groups excluding carboxylic acids is 2. The summed E-state index contributed by atoms with van der Waals surface area (Å²) in [6, 6.07) is 5.89. The molecule has 0 saturated carbocycles. The summed E-state index contributed by atoms with van der Waals surface area (Å²) in [5, 5.41) is 9.77. The molecular weight excluding hydrogens is 304 g/mol. The van der Waals surface area contributed by atoms with Gasteiger partial charge in [0.15, 0.2) is 5.82 Å². The SMILES string of the molecule is Cc1cccc(N2C[C@@H](C(=O)Nc3n[nH]c(C)c3C)CC2=O)c1C. The topological polar surface area (TPSA) is 78.1 Å². The largest absolute Gasteiger partial charge is 0.311 e. The van der Waals surface area contributed by atoms with E-state index in [1.807, 2.05) is 45.9 Å². The molecule has 6 nitrogen and oxygen atoms in total. The lowest BCUT2D eigenvalue weighted by molar-refractivity contribution is -0.122. The Balaban J connectivity index is 1.76. The smallest absolute Gasteiger partial charge is 0.231 e. The number of carbonyl (C=O) groups is 2. The third-order valence-electron chi connectivity index (χ3n) is 4.86. The van der Waals surface area contributed by atoms with Gasteiger partial charge in [-0.1, -0.05) is 12.1 Å². The van der Waals surface area contributed by atoms with Crippen LogP contribution >= 0.6 is 0 Å². The number of anilines is 2. The van der Waals surface area contributed by atoms with Crippen LogP contribution in [0.3, 0.4) is 0 Å². The van der Waals surface area contributed by atoms with Crippen LogP contribution in [0.4, 0.5) is 11.5 Å². The molecule has 0 aliphatic carbocycles. The minimum Gasteiger partial charge on any atom is -0.311 e. The number of hydrogen-bond acceptors (Lipinski definition) is 3. The van der Waals surface area contributed by atoms with Crippen LogP contribution in [-0.4, -0.2) is 28.6 Å². The molecule has 0 unspecified atom stereocenters. The van der Waals surface area contributed by atoms with Gasteiger partial charge in [0.05, 0.1) is 5.92 Å². The van der Waals surface area contributed by atoms with Crippen molar-refractivity contribution in [3.63, 3.8) is 0 Å². The van der Waals surface area contributed by atoms with Gasteiger partial charge in [-0.25, -0.2) is 0 Å². The van der Waals surface area contributed by atoms with E-state index in [2.05, 4.69) is 15.5 Å². The van der Waals surface area contributed by atoms with Gasteiger partial charge < -0.3 is 10.2 Å². The van der Waals surface area contributed by atoms with Crippen LogP contribution in [0.15, 0.2) is 18.2 Å². The van der Waals surface area contributed by atoms with Crippen molar-refractivity contribution in [1.82, 2.24) is 10.2 Å². The zero-order valence-electron chi connectivity index (χ0n) is 14.4. The first kappa shape index (κ1) is 16.2. The van der Waals surface area contributed by atoms with Crippen LogP contribution in [0.25, 0.3) is 0 Å². The summed E-state index contributed by atoms with van der Waals surface area (Å²) in [5.74, 6) is -0.00603. The number of amides is 2. The number of benzene rings is 1. The number of H-pyrrole nitrogens is 1. The van der Waals surface area contributed by atoms with Gasteiger partial charge >= 0.3 is 0 Å². The first-order valence-electron chi connectivity index (χ1n) is 8.07. The Hall–Kier alpha value is -2.63. The summed E-state index contributed by atoms with van der Waals surface area (Å²) in [6.45, 7) is 8.22. The standard InChI is InChI=1S/C18H22N4O2/c1-10-6-5-7-15(11(10)2)22-9-14(8-16(22)23)18(24)19-17-12(3)13(4)20-21-17/h5-7,14H,8-9H2,1-4H3,(H2,19,20,21,24)/t14-/m0/s1. The molecule has 126 valence electrons. The zero-order chi connectivity index (χ0) is 17.4. The average Bonchev–Trinajstić information content (AvgIpc) is 3.08. The van der Waals surface area contributed by atoms with Gasteiger partial charge in [0.2, 0.25) is 11.8 Å². The average molecular weight is 326 g/mol. The van der Waals surface area contributed by atoms with E-state index in [1.165, 1.54) is 0 Å². The third kappa shape index (κ3) is 2.79. The first-order chi connectivity index (χ1) is 11.4. The zero-order valence-corrected chi connectivity index (χ0v) is 14.4. The van der Waals surface area contributed by atoms with E-state index in [1.54, 1.807) is 4.90 Å². The maximum atomic E-state index is 12.5. The fraction of sp³-hybridized carbons (Fsp3) is 0.389. The lowest BCUT2D eigenvalue weighted by Gasteiger charge is -2.20. The normalized spacial score (nSPS) is 17.4. The van der Waals surface area contributed by atoms with Crippen molar-refractivity contribution < 1.29 is 9.59 Å². The molecule has 2 heterocycles.